The van der Waals surface area contributed by atoms with Crippen molar-refractivity contribution in [3.05, 3.63) is 85.3 Å². The Morgan fingerprint density at radius 1 is 0.912 bits per heavy atom. The molecular formula is C24H19N5O3S2. The van der Waals surface area contributed by atoms with Crippen LogP contribution in [-0.2, 0) is 9.84 Å². The molecule has 4 heterocycles. The van der Waals surface area contributed by atoms with E-state index in [1.54, 1.807) is 25.4 Å². The average Bonchev–Trinajstić information content (AvgIpc) is 3.23. The highest BCUT2D eigenvalue weighted by Gasteiger charge is 2.17. The molecule has 8 nitrogen and oxygen atoms in total. The van der Waals surface area contributed by atoms with Crippen molar-refractivity contribution >= 4 is 32.8 Å². The third-order valence-electron chi connectivity index (χ3n) is 4.94. The molecule has 4 aromatic heterocycles. The van der Waals surface area contributed by atoms with Gasteiger partial charge in [0, 0.05) is 30.4 Å². The number of rotatable bonds is 7. The molecule has 0 aliphatic carbocycles. The summed E-state index contributed by atoms with van der Waals surface area (Å²) in [5, 5.41) is 0.838. The van der Waals surface area contributed by atoms with Gasteiger partial charge < -0.3 is 4.74 Å². The molecule has 0 atom stereocenters. The summed E-state index contributed by atoms with van der Waals surface area (Å²) in [7, 11) is -3.37. The Morgan fingerprint density at radius 3 is 2.38 bits per heavy atom. The van der Waals surface area contributed by atoms with Crippen LogP contribution < -0.4 is 4.74 Å². The van der Waals surface area contributed by atoms with Gasteiger partial charge in [0.25, 0.3) is 0 Å². The summed E-state index contributed by atoms with van der Waals surface area (Å²) >= 11 is 1.44. The van der Waals surface area contributed by atoms with Crippen LogP contribution in [0.2, 0.25) is 0 Å². The Hall–Kier alpha value is -3.76. The fraction of sp³-hybridized carbons (Fsp3) is 0.0833. The Labute approximate surface area is 200 Å². The van der Waals surface area contributed by atoms with E-state index in [1.165, 1.54) is 24.2 Å². The largest absolute Gasteiger partial charge is 0.456 e. The highest BCUT2D eigenvalue weighted by molar-refractivity contribution is 7.98. The van der Waals surface area contributed by atoms with E-state index < -0.39 is 9.84 Å². The SMILES string of the molecule is CCS(=O)(=O)c1ccc(Oc2ccc3nc(-c4ccccn4)n(Sc4ccccn4)c3c2)cn1. The summed E-state index contributed by atoms with van der Waals surface area (Å²) in [5.41, 5.74) is 2.34. The zero-order valence-electron chi connectivity index (χ0n) is 18.1. The minimum Gasteiger partial charge on any atom is -0.456 e. The number of sulfone groups is 1. The van der Waals surface area contributed by atoms with E-state index in [0.717, 1.165) is 21.8 Å². The maximum absolute atomic E-state index is 12.0. The van der Waals surface area contributed by atoms with Crippen molar-refractivity contribution in [3.63, 3.8) is 0 Å². The zero-order valence-corrected chi connectivity index (χ0v) is 19.7. The number of nitrogens with zero attached hydrogens (tertiary/aromatic N) is 5. The van der Waals surface area contributed by atoms with E-state index in [2.05, 4.69) is 15.0 Å². The van der Waals surface area contributed by atoms with Gasteiger partial charge in [-0.1, -0.05) is 19.1 Å². The molecule has 10 heteroatoms. The second kappa shape index (κ2) is 9.24. The Kier molecular flexibility index (Phi) is 5.99. The van der Waals surface area contributed by atoms with Gasteiger partial charge in [-0.15, -0.1) is 0 Å². The first-order valence-electron chi connectivity index (χ1n) is 10.4. The lowest BCUT2D eigenvalue weighted by Gasteiger charge is -2.09. The topological polar surface area (TPSA) is 99.9 Å². The summed E-state index contributed by atoms with van der Waals surface area (Å²) in [4.78, 5) is 17.7. The Balaban J connectivity index is 1.53. The molecule has 0 saturated heterocycles. The third kappa shape index (κ3) is 4.50. The molecule has 0 aliphatic rings. The van der Waals surface area contributed by atoms with Gasteiger partial charge in [-0.2, -0.15) is 0 Å². The maximum atomic E-state index is 12.0. The van der Waals surface area contributed by atoms with Crippen molar-refractivity contribution in [1.82, 2.24) is 23.9 Å². The number of hydrogen-bond acceptors (Lipinski definition) is 8. The van der Waals surface area contributed by atoms with Crippen molar-refractivity contribution in [2.75, 3.05) is 5.75 Å². The van der Waals surface area contributed by atoms with E-state index in [1.807, 2.05) is 58.6 Å². The molecule has 0 bridgehead atoms. The second-order valence-electron chi connectivity index (χ2n) is 7.19. The lowest BCUT2D eigenvalue weighted by atomic mass is 10.3. The summed E-state index contributed by atoms with van der Waals surface area (Å²) in [6.07, 6.45) is 4.88. The molecule has 1 aromatic carbocycles. The number of hydrogen-bond donors (Lipinski definition) is 0. The first-order chi connectivity index (χ1) is 16.5. The number of benzene rings is 1. The van der Waals surface area contributed by atoms with Crippen molar-refractivity contribution in [2.24, 2.45) is 0 Å². The summed E-state index contributed by atoms with van der Waals surface area (Å²) in [5.74, 6) is 1.69. The van der Waals surface area contributed by atoms with Crippen LogP contribution in [-0.4, -0.2) is 38.1 Å². The standard InChI is InChI=1S/C24H19N5O3S2/c1-2-34(30,31)23-12-10-18(16-27-23)32-17-9-11-19-21(15-17)29(33-22-8-4-6-14-26-22)24(28-19)20-7-3-5-13-25-20/h3-16H,2H2,1H3. The monoisotopic (exact) mass is 489 g/mol. The van der Waals surface area contributed by atoms with Gasteiger partial charge in [0.1, 0.15) is 22.2 Å². The molecule has 34 heavy (non-hydrogen) atoms. The molecule has 0 amide bonds. The van der Waals surface area contributed by atoms with Gasteiger partial charge in [-0.25, -0.2) is 23.4 Å². The van der Waals surface area contributed by atoms with Gasteiger partial charge in [0.15, 0.2) is 20.7 Å². The van der Waals surface area contributed by atoms with Crippen molar-refractivity contribution in [3.8, 4) is 23.0 Å². The first-order valence-corrected chi connectivity index (χ1v) is 12.9. The van der Waals surface area contributed by atoms with Gasteiger partial charge in [0.2, 0.25) is 0 Å². The fourth-order valence-corrected chi connectivity index (χ4v) is 4.92. The molecule has 0 spiro atoms. The average molecular weight is 490 g/mol. The van der Waals surface area contributed by atoms with Gasteiger partial charge in [-0.3, -0.25) is 8.96 Å². The van der Waals surface area contributed by atoms with E-state index in [0.29, 0.717) is 17.3 Å². The molecule has 0 aliphatic heterocycles. The molecule has 0 N–H and O–H groups in total. The zero-order chi connectivity index (χ0) is 23.5. The van der Waals surface area contributed by atoms with Crippen molar-refractivity contribution in [1.29, 1.82) is 0 Å². The van der Waals surface area contributed by atoms with E-state index >= 15 is 0 Å². The minimum atomic E-state index is -3.37. The summed E-state index contributed by atoms with van der Waals surface area (Å²) in [6, 6.07) is 20.0. The lowest BCUT2D eigenvalue weighted by Crippen LogP contribution is -2.05. The molecule has 0 saturated carbocycles. The minimum absolute atomic E-state index is 0.00654. The van der Waals surface area contributed by atoms with Gasteiger partial charge >= 0.3 is 0 Å². The highest BCUT2D eigenvalue weighted by atomic mass is 32.2. The fourth-order valence-electron chi connectivity index (χ4n) is 3.24. The van der Waals surface area contributed by atoms with Crippen LogP contribution in [0.15, 0.2) is 95.4 Å². The second-order valence-corrected chi connectivity index (χ2v) is 10.4. The van der Waals surface area contributed by atoms with E-state index in [-0.39, 0.29) is 10.8 Å². The van der Waals surface area contributed by atoms with Crippen molar-refractivity contribution < 1.29 is 13.2 Å². The van der Waals surface area contributed by atoms with Crippen LogP contribution in [0.25, 0.3) is 22.6 Å². The molecule has 0 radical (unpaired) electrons. The van der Waals surface area contributed by atoms with Crippen molar-refractivity contribution in [2.45, 2.75) is 17.0 Å². The number of pyridine rings is 3. The smallest absolute Gasteiger partial charge is 0.195 e. The van der Waals surface area contributed by atoms with Crippen LogP contribution in [0.1, 0.15) is 6.92 Å². The number of imidazole rings is 1. The predicted molar refractivity (Wildman–Crippen MR) is 130 cm³/mol. The molecular weight excluding hydrogens is 470 g/mol. The molecule has 170 valence electrons. The quantitative estimate of drug-likeness (QED) is 0.314. The van der Waals surface area contributed by atoms with E-state index in [9.17, 15) is 8.42 Å². The van der Waals surface area contributed by atoms with Gasteiger partial charge in [-0.05, 0) is 48.5 Å². The normalized spacial score (nSPS) is 11.6. The Bertz CT molecular complexity index is 1540. The maximum Gasteiger partial charge on any atom is 0.195 e. The molecule has 5 rings (SSSR count). The third-order valence-corrected chi connectivity index (χ3v) is 7.56. The number of fused-ring (bicyclic) bond motifs is 1. The molecule has 5 aromatic rings. The summed E-state index contributed by atoms with van der Waals surface area (Å²) < 4.78 is 31.9. The lowest BCUT2D eigenvalue weighted by molar-refractivity contribution is 0.479. The van der Waals surface area contributed by atoms with Crippen LogP contribution in [0, 0.1) is 0 Å². The molecule has 0 unspecified atom stereocenters. The highest BCUT2D eigenvalue weighted by Crippen LogP contribution is 2.34. The Morgan fingerprint density at radius 2 is 1.71 bits per heavy atom. The number of aromatic nitrogens is 5. The number of ether oxygens (including phenoxy) is 1. The van der Waals surface area contributed by atoms with E-state index in [4.69, 9.17) is 9.72 Å². The first kappa shape index (κ1) is 22.1. The predicted octanol–water partition coefficient (Wildman–Crippen LogP) is 5.03. The van der Waals surface area contributed by atoms with Crippen LogP contribution in [0.5, 0.6) is 11.5 Å². The molecule has 0 fully saturated rings. The summed E-state index contributed by atoms with van der Waals surface area (Å²) in [6.45, 7) is 1.59. The van der Waals surface area contributed by atoms with Crippen LogP contribution in [0.3, 0.4) is 0 Å². The van der Waals surface area contributed by atoms with Crippen LogP contribution in [0.4, 0.5) is 0 Å². The van der Waals surface area contributed by atoms with Crippen LogP contribution >= 0.6 is 11.9 Å². The van der Waals surface area contributed by atoms with Gasteiger partial charge in [0.05, 0.1) is 23.0 Å².